The molecule has 0 unspecified atom stereocenters. The molecular formula is C17H20N2O2. The largest absolute Gasteiger partial charge is 0.492 e. The molecule has 0 spiro atoms. The fourth-order valence-corrected chi connectivity index (χ4v) is 2.00. The summed E-state index contributed by atoms with van der Waals surface area (Å²) in [5.41, 5.74) is 1.10. The lowest BCUT2D eigenvalue weighted by Crippen LogP contribution is -2.40. The van der Waals surface area contributed by atoms with Gasteiger partial charge in [0.05, 0.1) is 6.54 Å². The van der Waals surface area contributed by atoms with E-state index in [1.54, 1.807) is 11.9 Å². The zero-order chi connectivity index (χ0) is 14.9. The van der Waals surface area contributed by atoms with Crippen molar-refractivity contribution in [2.75, 3.05) is 20.2 Å². The number of hydrogen-bond acceptors (Lipinski definition) is 2. The van der Waals surface area contributed by atoms with E-state index < -0.39 is 0 Å². The van der Waals surface area contributed by atoms with Gasteiger partial charge in [0.25, 0.3) is 0 Å². The summed E-state index contributed by atoms with van der Waals surface area (Å²) in [5.74, 6) is 0.814. The number of ether oxygens (including phenoxy) is 1. The van der Waals surface area contributed by atoms with Crippen LogP contribution in [0, 0.1) is 0 Å². The van der Waals surface area contributed by atoms with Gasteiger partial charge in [-0.1, -0.05) is 48.5 Å². The summed E-state index contributed by atoms with van der Waals surface area (Å²) in [7, 11) is 1.64. The first-order valence-corrected chi connectivity index (χ1v) is 6.98. The maximum absolute atomic E-state index is 11.9. The molecule has 0 aliphatic heterocycles. The maximum Gasteiger partial charge on any atom is 0.317 e. The molecule has 0 aromatic heterocycles. The molecule has 0 radical (unpaired) electrons. The Morgan fingerprint density at radius 1 is 1.05 bits per heavy atom. The third-order valence-corrected chi connectivity index (χ3v) is 3.09. The van der Waals surface area contributed by atoms with Crippen molar-refractivity contribution in [3.63, 3.8) is 0 Å². The first kappa shape index (κ1) is 14.9. The highest BCUT2D eigenvalue weighted by atomic mass is 16.5. The Kier molecular flexibility index (Phi) is 5.64. The van der Waals surface area contributed by atoms with E-state index >= 15 is 0 Å². The van der Waals surface area contributed by atoms with E-state index in [4.69, 9.17) is 4.74 Å². The van der Waals surface area contributed by atoms with Gasteiger partial charge in [0.2, 0.25) is 0 Å². The van der Waals surface area contributed by atoms with Crippen LogP contribution < -0.4 is 10.1 Å². The molecule has 0 heterocycles. The summed E-state index contributed by atoms with van der Waals surface area (Å²) in [4.78, 5) is 13.7. The smallest absolute Gasteiger partial charge is 0.317 e. The fraction of sp³-hybridized carbons (Fsp3) is 0.235. The van der Waals surface area contributed by atoms with Crippen molar-refractivity contribution < 1.29 is 9.53 Å². The number of para-hydroxylation sites is 1. The van der Waals surface area contributed by atoms with Crippen LogP contribution in [0.1, 0.15) is 5.56 Å². The molecule has 2 rings (SSSR count). The molecule has 0 aliphatic rings. The normalized spacial score (nSPS) is 9.95. The molecule has 0 atom stereocenters. The van der Waals surface area contributed by atoms with E-state index in [1.165, 1.54) is 0 Å². The Balaban J connectivity index is 1.89. The third-order valence-electron chi connectivity index (χ3n) is 3.09. The van der Waals surface area contributed by atoms with E-state index in [0.29, 0.717) is 19.7 Å². The summed E-state index contributed by atoms with van der Waals surface area (Å²) in [6.45, 7) is 1.56. The number of urea groups is 1. The number of rotatable bonds is 6. The maximum atomic E-state index is 11.9. The molecule has 110 valence electrons. The molecule has 0 bridgehead atoms. The molecule has 1 N–H and O–H groups in total. The Labute approximate surface area is 125 Å². The molecule has 21 heavy (non-hydrogen) atoms. The highest BCUT2D eigenvalue weighted by molar-refractivity contribution is 5.73. The van der Waals surface area contributed by atoms with E-state index in [1.807, 2.05) is 60.7 Å². The lowest BCUT2D eigenvalue weighted by atomic mass is 10.2. The lowest BCUT2D eigenvalue weighted by molar-refractivity contribution is 0.181. The topological polar surface area (TPSA) is 41.6 Å². The molecule has 0 saturated heterocycles. The molecule has 2 amide bonds. The second-order valence-electron chi connectivity index (χ2n) is 4.62. The average Bonchev–Trinajstić information content (AvgIpc) is 2.55. The monoisotopic (exact) mass is 284 g/mol. The second kappa shape index (κ2) is 7.94. The van der Waals surface area contributed by atoms with Crippen molar-refractivity contribution in [1.82, 2.24) is 10.2 Å². The predicted octanol–water partition coefficient (Wildman–Crippen LogP) is 2.91. The average molecular weight is 284 g/mol. The highest BCUT2D eigenvalue weighted by Gasteiger charge is 2.12. The standard InChI is InChI=1S/C17H20N2O2/c1-18-17(20)19(14-15-8-4-2-5-9-15)12-13-21-16-10-6-3-7-11-16/h2-11H,12-14H2,1H3,(H,18,20). The van der Waals surface area contributed by atoms with E-state index in [9.17, 15) is 4.79 Å². The van der Waals surface area contributed by atoms with Gasteiger partial charge in [-0.15, -0.1) is 0 Å². The van der Waals surface area contributed by atoms with Crippen LogP contribution in [0.5, 0.6) is 5.75 Å². The van der Waals surface area contributed by atoms with Gasteiger partial charge in [0, 0.05) is 13.6 Å². The summed E-state index contributed by atoms with van der Waals surface area (Å²) >= 11 is 0. The van der Waals surface area contributed by atoms with Crippen LogP contribution in [0.3, 0.4) is 0 Å². The van der Waals surface area contributed by atoms with Crippen LogP contribution in [-0.2, 0) is 6.54 Å². The van der Waals surface area contributed by atoms with Gasteiger partial charge in [0.1, 0.15) is 12.4 Å². The second-order valence-corrected chi connectivity index (χ2v) is 4.62. The minimum Gasteiger partial charge on any atom is -0.492 e. The summed E-state index contributed by atoms with van der Waals surface area (Å²) in [5, 5.41) is 2.67. The molecule has 4 nitrogen and oxygen atoms in total. The van der Waals surface area contributed by atoms with Crippen LogP contribution in [0.2, 0.25) is 0 Å². The summed E-state index contributed by atoms with van der Waals surface area (Å²) in [6.07, 6.45) is 0. The van der Waals surface area contributed by atoms with Gasteiger partial charge in [-0.3, -0.25) is 0 Å². The number of amides is 2. The van der Waals surface area contributed by atoms with Crippen molar-refractivity contribution in [2.45, 2.75) is 6.54 Å². The number of nitrogens with zero attached hydrogens (tertiary/aromatic N) is 1. The molecule has 0 fully saturated rings. The Bertz CT molecular complexity index is 543. The zero-order valence-electron chi connectivity index (χ0n) is 12.2. The molecular weight excluding hydrogens is 264 g/mol. The van der Waals surface area contributed by atoms with Crippen LogP contribution in [0.15, 0.2) is 60.7 Å². The van der Waals surface area contributed by atoms with Gasteiger partial charge in [-0.05, 0) is 17.7 Å². The minimum absolute atomic E-state index is 0.101. The SMILES string of the molecule is CNC(=O)N(CCOc1ccccc1)Cc1ccccc1. The number of carbonyl (C=O) groups excluding carboxylic acids is 1. The number of hydrogen-bond donors (Lipinski definition) is 1. The van der Waals surface area contributed by atoms with Gasteiger partial charge in [-0.25, -0.2) is 4.79 Å². The van der Waals surface area contributed by atoms with E-state index in [0.717, 1.165) is 11.3 Å². The molecule has 4 heteroatoms. The quantitative estimate of drug-likeness (QED) is 0.886. The summed E-state index contributed by atoms with van der Waals surface area (Å²) < 4.78 is 5.65. The fourth-order valence-electron chi connectivity index (χ4n) is 2.00. The number of carbonyl (C=O) groups is 1. The van der Waals surface area contributed by atoms with Crippen LogP contribution in [-0.4, -0.2) is 31.1 Å². The third kappa shape index (κ3) is 4.84. The van der Waals surface area contributed by atoms with Crippen LogP contribution in [0.25, 0.3) is 0 Å². The predicted molar refractivity (Wildman–Crippen MR) is 83.2 cm³/mol. The molecule has 0 saturated carbocycles. The Hall–Kier alpha value is -2.49. The highest BCUT2D eigenvalue weighted by Crippen LogP contribution is 2.09. The number of nitrogens with one attached hydrogen (secondary N) is 1. The lowest BCUT2D eigenvalue weighted by Gasteiger charge is -2.22. The molecule has 0 aliphatic carbocycles. The minimum atomic E-state index is -0.101. The zero-order valence-corrected chi connectivity index (χ0v) is 12.2. The van der Waals surface area contributed by atoms with Crippen molar-refractivity contribution in [2.24, 2.45) is 0 Å². The van der Waals surface area contributed by atoms with Gasteiger partial charge in [-0.2, -0.15) is 0 Å². The van der Waals surface area contributed by atoms with Gasteiger partial charge >= 0.3 is 6.03 Å². The van der Waals surface area contributed by atoms with Crippen LogP contribution >= 0.6 is 0 Å². The first-order valence-electron chi connectivity index (χ1n) is 6.98. The molecule has 2 aromatic rings. The van der Waals surface area contributed by atoms with Crippen molar-refractivity contribution >= 4 is 6.03 Å². The van der Waals surface area contributed by atoms with E-state index in [2.05, 4.69) is 5.32 Å². The van der Waals surface area contributed by atoms with Crippen molar-refractivity contribution in [1.29, 1.82) is 0 Å². The Morgan fingerprint density at radius 2 is 1.67 bits per heavy atom. The van der Waals surface area contributed by atoms with Gasteiger partial charge < -0.3 is 15.0 Å². The number of benzene rings is 2. The first-order chi connectivity index (χ1) is 10.3. The van der Waals surface area contributed by atoms with E-state index in [-0.39, 0.29) is 6.03 Å². The van der Waals surface area contributed by atoms with Crippen LogP contribution in [0.4, 0.5) is 4.79 Å². The van der Waals surface area contributed by atoms with Crippen molar-refractivity contribution in [3.05, 3.63) is 66.2 Å². The van der Waals surface area contributed by atoms with Gasteiger partial charge in [0.15, 0.2) is 0 Å². The van der Waals surface area contributed by atoms with Crippen molar-refractivity contribution in [3.8, 4) is 5.75 Å². The summed E-state index contributed by atoms with van der Waals surface area (Å²) in [6, 6.07) is 19.4. The molecule has 2 aromatic carbocycles. The Morgan fingerprint density at radius 3 is 2.29 bits per heavy atom.